The predicted octanol–water partition coefficient (Wildman–Crippen LogP) is 2.89. The minimum atomic E-state index is 0.538. The van der Waals surface area contributed by atoms with Crippen molar-refractivity contribution in [2.75, 3.05) is 5.75 Å². The molecule has 0 aromatic rings. The van der Waals surface area contributed by atoms with Crippen molar-refractivity contribution in [1.29, 1.82) is 0 Å². The Morgan fingerprint density at radius 3 is 2.73 bits per heavy atom. The first-order chi connectivity index (χ1) is 7.15. The van der Waals surface area contributed by atoms with Gasteiger partial charge in [0.05, 0.1) is 6.04 Å². The number of hydrogen-bond acceptors (Lipinski definition) is 3. The summed E-state index contributed by atoms with van der Waals surface area (Å²) in [6, 6.07) is 1.23. The molecule has 2 nitrogen and oxygen atoms in total. The highest BCUT2D eigenvalue weighted by atomic mass is 32.2. The molecule has 0 aromatic carbocycles. The molecular formula is C12H22N2S. The topological polar surface area (TPSA) is 24.4 Å². The summed E-state index contributed by atoms with van der Waals surface area (Å²) in [6.45, 7) is 6.87. The van der Waals surface area contributed by atoms with Crippen LogP contribution in [0.15, 0.2) is 4.99 Å². The van der Waals surface area contributed by atoms with Crippen LogP contribution in [0.2, 0.25) is 0 Å². The lowest BCUT2D eigenvalue weighted by molar-refractivity contribution is 0.538. The maximum Gasteiger partial charge on any atom is 0.157 e. The molecule has 1 saturated carbocycles. The van der Waals surface area contributed by atoms with Gasteiger partial charge in [0.15, 0.2) is 5.17 Å². The Morgan fingerprint density at radius 2 is 2.20 bits per heavy atom. The Morgan fingerprint density at radius 1 is 1.40 bits per heavy atom. The van der Waals surface area contributed by atoms with Gasteiger partial charge in [-0.2, -0.15) is 0 Å². The highest BCUT2D eigenvalue weighted by Crippen LogP contribution is 2.27. The first-order valence-corrected chi connectivity index (χ1v) is 7.11. The van der Waals surface area contributed by atoms with Gasteiger partial charge in [-0.05, 0) is 31.1 Å². The van der Waals surface area contributed by atoms with Crippen molar-refractivity contribution in [3.63, 3.8) is 0 Å². The SMILES string of the molecule is CC1CCC(NC2=NC(C(C)C)CS2)C1. The molecular weight excluding hydrogens is 204 g/mol. The van der Waals surface area contributed by atoms with Crippen molar-refractivity contribution in [3.8, 4) is 0 Å². The maximum absolute atomic E-state index is 4.74. The molecule has 0 aromatic heterocycles. The first-order valence-electron chi connectivity index (χ1n) is 6.12. The molecule has 1 heterocycles. The number of amidine groups is 1. The fraction of sp³-hybridized carbons (Fsp3) is 0.917. The van der Waals surface area contributed by atoms with Crippen molar-refractivity contribution in [3.05, 3.63) is 0 Å². The summed E-state index contributed by atoms with van der Waals surface area (Å²) in [5.41, 5.74) is 0. The van der Waals surface area contributed by atoms with E-state index in [0.29, 0.717) is 18.0 Å². The first kappa shape index (κ1) is 11.3. The van der Waals surface area contributed by atoms with E-state index in [1.807, 2.05) is 11.8 Å². The zero-order chi connectivity index (χ0) is 10.8. The third-order valence-corrected chi connectivity index (χ3v) is 4.47. The number of rotatable bonds is 2. The molecule has 1 aliphatic heterocycles. The molecule has 15 heavy (non-hydrogen) atoms. The van der Waals surface area contributed by atoms with E-state index in [1.54, 1.807) is 0 Å². The van der Waals surface area contributed by atoms with Crippen LogP contribution in [0.1, 0.15) is 40.0 Å². The van der Waals surface area contributed by atoms with Gasteiger partial charge in [0.2, 0.25) is 0 Å². The number of nitrogens with one attached hydrogen (secondary N) is 1. The van der Waals surface area contributed by atoms with Crippen LogP contribution in [-0.2, 0) is 0 Å². The summed E-state index contributed by atoms with van der Waals surface area (Å²) >= 11 is 1.91. The van der Waals surface area contributed by atoms with Crippen LogP contribution in [0.25, 0.3) is 0 Å². The maximum atomic E-state index is 4.74. The second kappa shape index (κ2) is 4.77. The van der Waals surface area contributed by atoms with E-state index < -0.39 is 0 Å². The molecule has 0 spiro atoms. The Labute approximate surface area is 97.3 Å². The van der Waals surface area contributed by atoms with Gasteiger partial charge in [-0.3, -0.25) is 4.99 Å². The van der Waals surface area contributed by atoms with Crippen LogP contribution in [0, 0.1) is 11.8 Å². The molecule has 1 N–H and O–H groups in total. The van der Waals surface area contributed by atoms with Crippen molar-refractivity contribution in [2.45, 2.75) is 52.1 Å². The Balaban J connectivity index is 1.83. The highest BCUT2D eigenvalue weighted by Gasteiger charge is 2.26. The normalized spacial score (nSPS) is 36.0. The molecule has 1 aliphatic carbocycles. The van der Waals surface area contributed by atoms with E-state index in [1.165, 1.54) is 30.2 Å². The largest absolute Gasteiger partial charge is 0.362 e. The van der Waals surface area contributed by atoms with Crippen LogP contribution < -0.4 is 5.32 Å². The second-order valence-corrected chi connectivity index (χ2v) is 6.32. The van der Waals surface area contributed by atoms with Crippen molar-refractivity contribution < 1.29 is 0 Å². The van der Waals surface area contributed by atoms with E-state index in [9.17, 15) is 0 Å². The number of thioether (sulfide) groups is 1. The average molecular weight is 226 g/mol. The summed E-state index contributed by atoms with van der Waals surface area (Å²) in [5, 5.41) is 4.81. The fourth-order valence-electron chi connectivity index (χ4n) is 2.32. The van der Waals surface area contributed by atoms with Gasteiger partial charge in [0, 0.05) is 11.8 Å². The van der Waals surface area contributed by atoms with Gasteiger partial charge < -0.3 is 5.32 Å². The van der Waals surface area contributed by atoms with Gasteiger partial charge in [0.25, 0.3) is 0 Å². The van der Waals surface area contributed by atoms with Gasteiger partial charge in [-0.25, -0.2) is 0 Å². The molecule has 0 saturated heterocycles. The van der Waals surface area contributed by atoms with E-state index in [0.717, 1.165) is 5.92 Å². The summed E-state index contributed by atoms with van der Waals surface area (Å²) in [6.07, 6.45) is 4.03. The van der Waals surface area contributed by atoms with E-state index in [2.05, 4.69) is 26.1 Å². The highest BCUT2D eigenvalue weighted by molar-refractivity contribution is 8.14. The monoisotopic (exact) mass is 226 g/mol. The number of aliphatic imine (C=N–C) groups is 1. The lowest BCUT2D eigenvalue weighted by Gasteiger charge is -2.12. The molecule has 2 aliphatic rings. The summed E-state index contributed by atoms with van der Waals surface area (Å²) < 4.78 is 0. The fourth-order valence-corrected chi connectivity index (χ4v) is 3.57. The Hall–Kier alpha value is -0.180. The van der Waals surface area contributed by atoms with E-state index >= 15 is 0 Å². The van der Waals surface area contributed by atoms with Crippen LogP contribution in [0.5, 0.6) is 0 Å². The zero-order valence-corrected chi connectivity index (χ0v) is 10.8. The molecule has 2 rings (SSSR count). The molecule has 3 unspecified atom stereocenters. The quantitative estimate of drug-likeness (QED) is 0.783. The van der Waals surface area contributed by atoms with Crippen LogP contribution in [-0.4, -0.2) is 23.0 Å². The third kappa shape index (κ3) is 2.90. The number of hydrogen-bond donors (Lipinski definition) is 1. The van der Waals surface area contributed by atoms with Gasteiger partial charge in [-0.1, -0.05) is 32.5 Å². The molecule has 0 radical (unpaired) electrons. The van der Waals surface area contributed by atoms with Crippen molar-refractivity contribution >= 4 is 16.9 Å². The van der Waals surface area contributed by atoms with Gasteiger partial charge in [-0.15, -0.1) is 0 Å². The molecule has 3 heteroatoms. The molecule has 1 fully saturated rings. The molecule has 0 bridgehead atoms. The van der Waals surface area contributed by atoms with Gasteiger partial charge >= 0.3 is 0 Å². The molecule has 3 atom stereocenters. The smallest absolute Gasteiger partial charge is 0.157 e. The van der Waals surface area contributed by atoms with Crippen LogP contribution in [0.3, 0.4) is 0 Å². The predicted molar refractivity (Wildman–Crippen MR) is 68.5 cm³/mol. The molecule has 86 valence electrons. The standard InChI is InChI=1S/C12H22N2S/c1-8(2)11-7-15-12(14-11)13-10-5-4-9(3)6-10/h8-11H,4-7H2,1-3H3,(H,13,14). The minimum absolute atomic E-state index is 0.538. The minimum Gasteiger partial charge on any atom is -0.362 e. The number of nitrogens with zero attached hydrogens (tertiary/aromatic N) is 1. The summed E-state index contributed by atoms with van der Waals surface area (Å²) in [4.78, 5) is 4.74. The van der Waals surface area contributed by atoms with E-state index in [4.69, 9.17) is 4.99 Å². The Bertz CT molecular complexity index is 250. The van der Waals surface area contributed by atoms with Crippen molar-refractivity contribution in [1.82, 2.24) is 5.32 Å². The van der Waals surface area contributed by atoms with E-state index in [-0.39, 0.29) is 0 Å². The second-order valence-electron chi connectivity index (χ2n) is 5.32. The van der Waals surface area contributed by atoms with Crippen molar-refractivity contribution in [2.24, 2.45) is 16.8 Å². The van der Waals surface area contributed by atoms with Crippen LogP contribution >= 0.6 is 11.8 Å². The Kier molecular flexibility index (Phi) is 3.60. The summed E-state index contributed by atoms with van der Waals surface area (Å²) in [7, 11) is 0. The lowest BCUT2D eigenvalue weighted by Crippen LogP contribution is -2.30. The average Bonchev–Trinajstić information content (AvgIpc) is 2.76. The lowest BCUT2D eigenvalue weighted by atomic mass is 10.1. The van der Waals surface area contributed by atoms with Crippen LogP contribution in [0.4, 0.5) is 0 Å². The van der Waals surface area contributed by atoms with Gasteiger partial charge in [0.1, 0.15) is 0 Å². The molecule has 0 amide bonds. The zero-order valence-electron chi connectivity index (χ0n) is 9.99. The summed E-state index contributed by atoms with van der Waals surface area (Å²) in [5.74, 6) is 2.75. The third-order valence-electron chi connectivity index (χ3n) is 3.47.